The smallest absolute Gasteiger partial charge is 0.140 e. The molecule has 0 N–H and O–H groups in total. The van der Waals surface area contributed by atoms with Gasteiger partial charge in [0.05, 0.1) is 12.3 Å². The van der Waals surface area contributed by atoms with Crippen LogP contribution in [0.4, 0.5) is 0 Å². The second-order valence-electron chi connectivity index (χ2n) is 3.00. The molecule has 0 aromatic carbocycles. The van der Waals surface area contributed by atoms with E-state index in [2.05, 4.69) is 12.1 Å². The van der Waals surface area contributed by atoms with Gasteiger partial charge in [-0.1, -0.05) is 12.1 Å². The lowest BCUT2D eigenvalue weighted by Gasteiger charge is -2.22. The zero-order valence-corrected chi connectivity index (χ0v) is 7.17. The topological polar surface area (TPSA) is 30.8 Å². The number of hydrogen-bond acceptors (Lipinski definition) is 3. The summed E-state index contributed by atoms with van der Waals surface area (Å²) in [6.45, 7) is 3.40. The lowest BCUT2D eigenvalue weighted by molar-refractivity contribution is 0.0732. The molecule has 0 atom stereocenters. The van der Waals surface area contributed by atoms with Crippen molar-refractivity contribution in [1.29, 1.82) is 0 Å². The van der Waals surface area contributed by atoms with E-state index in [1.807, 2.05) is 0 Å². The molecule has 1 aliphatic carbocycles. The molecule has 1 rings (SSSR count). The molecule has 0 saturated heterocycles. The van der Waals surface area contributed by atoms with Gasteiger partial charge in [0.2, 0.25) is 0 Å². The van der Waals surface area contributed by atoms with Crippen LogP contribution in [-0.4, -0.2) is 26.0 Å². The first kappa shape index (κ1) is 8.53. The Morgan fingerprint density at radius 2 is 2.18 bits per heavy atom. The van der Waals surface area contributed by atoms with Crippen molar-refractivity contribution in [2.75, 3.05) is 20.3 Å². The number of nitrogens with zero attached hydrogens (tertiary/aromatic N) is 1. The van der Waals surface area contributed by atoms with Gasteiger partial charge >= 0.3 is 0 Å². The van der Waals surface area contributed by atoms with E-state index in [4.69, 9.17) is 9.57 Å². The fourth-order valence-electron chi connectivity index (χ4n) is 1.08. The van der Waals surface area contributed by atoms with E-state index in [0.717, 1.165) is 18.8 Å². The van der Waals surface area contributed by atoms with E-state index in [1.165, 1.54) is 5.71 Å². The molecule has 0 spiro atoms. The highest BCUT2D eigenvalue weighted by Gasteiger charge is 2.20. The summed E-state index contributed by atoms with van der Waals surface area (Å²) in [5, 5.41) is 3.95. The van der Waals surface area contributed by atoms with Gasteiger partial charge in [0, 0.05) is 7.11 Å². The van der Waals surface area contributed by atoms with Crippen LogP contribution in [-0.2, 0) is 9.57 Å². The van der Waals surface area contributed by atoms with Gasteiger partial charge in [-0.3, -0.25) is 0 Å². The molecule has 64 valence electrons. The third-order valence-electron chi connectivity index (χ3n) is 1.74. The van der Waals surface area contributed by atoms with Crippen LogP contribution in [0, 0.1) is 5.92 Å². The second kappa shape index (κ2) is 4.34. The van der Waals surface area contributed by atoms with Crippen LogP contribution in [0.15, 0.2) is 5.16 Å². The lowest BCUT2D eigenvalue weighted by atomic mass is 9.85. The van der Waals surface area contributed by atoms with Crippen LogP contribution in [0.1, 0.15) is 19.8 Å². The monoisotopic (exact) mass is 157 g/mol. The second-order valence-corrected chi connectivity index (χ2v) is 3.00. The first-order valence-electron chi connectivity index (χ1n) is 3.99. The molecule has 0 unspecified atom stereocenters. The lowest BCUT2D eigenvalue weighted by Crippen LogP contribution is -2.21. The van der Waals surface area contributed by atoms with E-state index in [9.17, 15) is 0 Å². The Kier molecular flexibility index (Phi) is 3.36. The maximum Gasteiger partial charge on any atom is 0.140 e. The highest BCUT2D eigenvalue weighted by atomic mass is 16.6. The molecular formula is C8H15NO2. The molecule has 11 heavy (non-hydrogen) atoms. The third-order valence-corrected chi connectivity index (χ3v) is 1.74. The zero-order chi connectivity index (χ0) is 8.10. The van der Waals surface area contributed by atoms with Crippen LogP contribution < -0.4 is 0 Å². The molecule has 3 heteroatoms. The van der Waals surface area contributed by atoms with E-state index in [1.54, 1.807) is 7.11 Å². The van der Waals surface area contributed by atoms with Crippen molar-refractivity contribution in [1.82, 2.24) is 0 Å². The van der Waals surface area contributed by atoms with Gasteiger partial charge in [-0.25, -0.2) is 0 Å². The largest absolute Gasteiger partial charge is 0.393 e. The highest BCUT2D eigenvalue weighted by Crippen LogP contribution is 2.22. The standard InChI is InChI=1S/C8H15NO2/c1-7-5-8(6-7)9-11-4-3-10-2/h7H,3-6H2,1-2H3. The first-order chi connectivity index (χ1) is 5.33. The summed E-state index contributed by atoms with van der Waals surface area (Å²) in [6, 6.07) is 0. The van der Waals surface area contributed by atoms with E-state index < -0.39 is 0 Å². The number of rotatable bonds is 4. The molecule has 0 aliphatic heterocycles. The molecule has 1 aliphatic rings. The van der Waals surface area contributed by atoms with Crippen LogP contribution in [0.2, 0.25) is 0 Å². The quantitative estimate of drug-likeness (QED) is 0.456. The fraction of sp³-hybridized carbons (Fsp3) is 0.875. The minimum atomic E-state index is 0.564. The third kappa shape index (κ3) is 2.89. The summed E-state index contributed by atoms with van der Waals surface area (Å²) in [4.78, 5) is 4.99. The molecule has 1 saturated carbocycles. The average molecular weight is 157 g/mol. The van der Waals surface area contributed by atoms with E-state index >= 15 is 0 Å². The summed E-state index contributed by atoms with van der Waals surface area (Å²) in [5.41, 5.74) is 1.19. The Morgan fingerprint density at radius 1 is 1.45 bits per heavy atom. The predicted molar refractivity (Wildman–Crippen MR) is 43.7 cm³/mol. The van der Waals surface area contributed by atoms with Crippen molar-refractivity contribution in [3.63, 3.8) is 0 Å². The van der Waals surface area contributed by atoms with Crippen molar-refractivity contribution < 1.29 is 9.57 Å². The number of methoxy groups -OCH3 is 1. The normalized spacial score (nSPS) is 22.7. The molecule has 1 fully saturated rings. The maximum atomic E-state index is 4.99. The van der Waals surface area contributed by atoms with Crippen molar-refractivity contribution in [2.45, 2.75) is 19.8 Å². The molecule has 3 nitrogen and oxygen atoms in total. The van der Waals surface area contributed by atoms with Crippen LogP contribution in [0.5, 0.6) is 0 Å². The van der Waals surface area contributed by atoms with Gasteiger partial charge in [0.25, 0.3) is 0 Å². The van der Waals surface area contributed by atoms with Crippen LogP contribution >= 0.6 is 0 Å². The summed E-state index contributed by atoms with van der Waals surface area (Å²) < 4.78 is 4.80. The number of ether oxygens (including phenoxy) is 1. The summed E-state index contributed by atoms with van der Waals surface area (Å²) >= 11 is 0. The van der Waals surface area contributed by atoms with Crippen molar-refractivity contribution >= 4 is 5.71 Å². The molecule has 0 heterocycles. The summed E-state index contributed by atoms with van der Waals surface area (Å²) in [7, 11) is 1.65. The molecule has 0 bridgehead atoms. The highest BCUT2D eigenvalue weighted by molar-refractivity contribution is 5.89. The minimum absolute atomic E-state index is 0.564. The predicted octanol–water partition coefficient (Wildman–Crippen LogP) is 1.44. The Bertz CT molecular complexity index is 137. The summed E-state index contributed by atoms with van der Waals surface area (Å²) in [5.74, 6) is 0.805. The van der Waals surface area contributed by atoms with Gasteiger partial charge in [-0.05, 0) is 18.8 Å². The summed E-state index contributed by atoms with van der Waals surface area (Å²) in [6.07, 6.45) is 2.21. The molecule has 0 amide bonds. The van der Waals surface area contributed by atoms with Gasteiger partial charge < -0.3 is 9.57 Å². The maximum absolute atomic E-state index is 4.99. The Labute approximate surface area is 67.4 Å². The average Bonchev–Trinajstić information content (AvgIpc) is 1.94. The SMILES string of the molecule is COCCON=C1CC(C)C1. The van der Waals surface area contributed by atoms with E-state index in [-0.39, 0.29) is 0 Å². The Hall–Kier alpha value is -0.570. The van der Waals surface area contributed by atoms with Crippen LogP contribution in [0.25, 0.3) is 0 Å². The van der Waals surface area contributed by atoms with Crippen LogP contribution in [0.3, 0.4) is 0 Å². The van der Waals surface area contributed by atoms with Gasteiger partial charge in [0.15, 0.2) is 0 Å². The Morgan fingerprint density at radius 3 is 2.73 bits per heavy atom. The number of oxime groups is 1. The van der Waals surface area contributed by atoms with Gasteiger partial charge in [-0.15, -0.1) is 0 Å². The first-order valence-corrected chi connectivity index (χ1v) is 3.99. The zero-order valence-electron chi connectivity index (χ0n) is 7.17. The van der Waals surface area contributed by atoms with Gasteiger partial charge in [0.1, 0.15) is 6.61 Å². The molecule has 0 aromatic heterocycles. The van der Waals surface area contributed by atoms with Crippen molar-refractivity contribution in [3.8, 4) is 0 Å². The fourth-order valence-corrected chi connectivity index (χ4v) is 1.08. The van der Waals surface area contributed by atoms with Crippen molar-refractivity contribution in [3.05, 3.63) is 0 Å². The Balaban J connectivity index is 1.98. The minimum Gasteiger partial charge on any atom is -0.393 e. The van der Waals surface area contributed by atoms with E-state index in [0.29, 0.717) is 13.2 Å². The van der Waals surface area contributed by atoms with Gasteiger partial charge in [-0.2, -0.15) is 0 Å². The number of hydrogen-bond donors (Lipinski definition) is 0. The molecule has 0 aromatic rings. The molecule has 0 radical (unpaired) electrons. The van der Waals surface area contributed by atoms with Crippen molar-refractivity contribution in [2.24, 2.45) is 11.1 Å². The molecular weight excluding hydrogens is 142 g/mol.